The number of hydrogen-bond donors (Lipinski definition) is 5. The number of rotatable bonds is 13. The smallest absolute Gasteiger partial charge is 0.251 e. The Morgan fingerprint density at radius 2 is 1.33 bits per heavy atom. The topological polar surface area (TPSA) is 143 Å². The van der Waals surface area contributed by atoms with Crippen LogP contribution in [0, 0.1) is 0 Å². The molecule has 9 heteroatoms. The number of ether oxygens (including phenoxy) is 1. The van der Waals surface area contributed by atoms with Crippen LogP contribution in [0.5, 0.6) is 5.75 Å². The summed E-state index contributed by atoms with van der Waals surface area (Å²) in [5.41, 5.74) is 8.21. The van der Waals surface area contributed by atoms with Gasteiger partial charge in [0.15, 0.2) is 6.10 Å². The molecule has 4 atom stereocenters. The van der Waals surface area contributed by atoms with Gasteiger partial charge in [-0.3, -0.25) is 14.4 Å². The van der Waals surface area contributed by atoms with Crippen LogP contribution in [0.4, 0.5) is 0 Å². The highest BCUT2D eigenvalue weighted by molar-refractivity contribution is 5.90. The molecule has 0 fully saturated rings. The number of methoxy groups -OCH3 is 1. The number of nitrogens with one attached hydrogen (secondary N) is 3. The molecular weight excluding hydrogens is 496 g/mol. The Morgan fingerprint density at radius 1 is 0.769 bits per heavy atom. The molecule has 0 aliphatic heterocycles. The zero-order chi connectivity index (χ0) is 28.2. The Morgan fingerprint density at radius 3 is 1.90 bits per heavy atom. The number of amides is 3. The molecule has 1 unspecified atom stereocenters. The molecule has 0 radical (unpaired) electrons. The van der Waals surface area contributed by atoms with Crippen molar-refractivity contribution >= 4 is 17.7 Å². The summed E-state index contributed by atoms with van der Waals surface area (Å²) >= 11 is 0. The summed E-state index contributed by atoms with van der Waals surface area (Å²) in [5, 5.41) is 19.2. The number of carbonyl (C=O) groups is 3. The van der Waals surface area contributed by atoms with E-state index in [1.165, 1.54) is 6.92 Å². The molecule has 206 valence electrons. The van der Waals surface area contributed by atoms with Crippen LogP contribution in [0.1, 0.15) is 23.6 Å². The first kappa shape index (κ1) is 29.3. The first-order valence-corrected chi connectivity index (χ1v) is 12.8. The first-order valence-electron chi connectivity index (χ1n) is 12.8. The maximum atomic E-state index is 13.5. The fourth-order valence-electron chi connectivity index (χ4n) is 3.98. The van der Waals surface area contributed by atoms with Crippen molar-refractivity contribution in [3.8, 4) is 5.75 Å². The van der Waals surface area contributed by atoms with Crippen LogP contribution in [0.15, 0.2) is 84.9 Å². The second kappa shape index (κ2) is 14.7. The molecule has 0 aliphatic rings. The minimum Gasteiger partial charge on any atom is -0.497 e. The van der Waals surface area contributed by atoms with E-state index in [4.69, 9.17) is 10.5 Å². The number of benzene rings is 3. The van der Waals surface area contributed by atoms with Gasteiger partial charge in [-0.1, -0.05) is 72.8 Å². The number of aliphatic hydroxyl groups is 1. The fraction of sp³-hybridized carbons (Fsp3) is 0.300. The van der Waals surface area contributed by atoms with Gasteiger partial charge in [0, 0.05) is 13.0 Å². The Labute approximate surface area is 228 Å². The lowest BCUT2D eigenvalue weighted by molar-refractivity contribution is -0.134. The molecule has 3 aromatic carbocycles. The standard InChI is InChI=1S/C30H36N4O5/c1-20(31)28(36)34-26(18-22-13-15-24(39-2)16-14-22)29(37)33-25(17-21-9-5-3-6-10-21)27(35)30(38)32-19-23-11-7-4-8-12-23/h3-16,20,25-27,35H,17-19,31H2,1-2H3,(H,32,38)(H,33,37)(H,34,36)/t20-,25-,26-,27?/m0/s1. The number of carbonyl (C=O) groups excluding carboxylic acids is 3. The Balaban J connectivity index is 1.78. The molecule has 39 heavy (non-hydrogen) atoms. The van der Waals surface area contributed by atoms with E-state index >= 15 is 0 Å². The molecule has 0 aromatic heterocycles. The van der Waals surface area contributed by atoms with Crippen LogP contribution < -0.4 is 26.4 Å². The third kappa shape index (κ3) is 9.24. The molecule has 0 saturated heterocycles. The van der Waals surface area contributed by atoms with Crippen molar-refractivity contribution in [2.75, 3.05) is 7.11 Å². The molecule has 0 heterocycles. The minimum absolute atomic E-state index is 0.169. The van der Waals surface area contributed by atoms with Gasteiger partial charge >= 0.3 is 0 Å². The second-order valence-electron chi connectivity index (χ2n) is 9.36. The van der Waals surface area contributed by atoms with Crippen LogP contribution in [0.25, 0.3) is 0 Å². The lowest BCUT2D eigenvalue weighted by atomic mass is 9.98. The zero-order valence-electron chi connectivity index (χ0n) is 22.2. The average Bonchev–Trinajstić information content (AvgIpc) is 2.96. The average molecular weight is 533 g/mol. The molecular formula is C30H36N4O5. The molecule has 0 saturated carbocycles. The summed E-state index contributed by atoms with van der Waals surface area (Å²) in [6.07, 6.45) is -1.17. The van der Waals surface area contributed by atoms with E-state index in [9.17, 15) is 19.5 Å². The predicted molar refractivity (Wildman–Crippen MR) is 149 cm³/mol. The van der Waals surface area contributed by atoms with Gasteiger partial charge in [-0.25, -0.2) is 0 Å². The predicted octanol–water partition coefficient (Wildman–Crippen LogP) is 1.47. The van der Waals surface area contributed by atoms with Gasteiger partial charge in [0.05, 0.1) is 19.2 Å². The molecule has 3 amide bonds. The molecule has 3 aromatic rings. The third-order valence-corrected chi connectivity index (χ3v) is 6.23. The Bertz CT molecular complexity index is 1200. The van der Waals surface area contributed by atoms with Gasteiger partial charge in [0.1, 0.15) is 11.8 Å². The van der Waals surface area contributed by atoms with Crippen molar-refractivity contribution in [3.05, 3.63) is 102 Å². The summed E-state index contributed by atoms with van der Waals surface area (Å²) in [6, 6.07) is 22.9. The molecule has 9 nitrogen and oxygen atoms in total. The van der Waals surface area contributed by atoms with Gasteiger partial charge in [-0.15, -0.1) is 0 Å². The number of hydrogen-bond acceptors (Lipinski definition) is 6. The Kier molecular flexibility index (Phi) is 11.0. The van der Waals surface area contributed by atoms with E-state index in [1.54, 1.807) is 31.4 Å². The van der Waals surface area contributed by atoms with Gasteiger partial charge in [-0.05, 0) is 42.2 Å². The third-order valence-electron chi connectivity index (χ3n) is 6.23. The number of aliphatic hydroxyl groups excluding tert-OH is 1. The highest BCUT2D eigenvalue weighted by atomic mass is 16.5. The quantitative estimate of drug-likeness (QED) is 0.226. The van der Waals surface area contributed by atoms with E-state index in [-0.39, 0.29) is 19.4 Å². The van der Waals surface area contributed by atoms with Crippen molar-refractivity contribution in [2.45, 2.75) is 50.5 Å². The van der Waals surface area contributed by atoms with Crippen molar-refractivity contribution in [3.63, 3.8) is 0 Å². The van der Waals surface area contributed by atoms with Crippen LogP contribution in [0.3, 0.4) is 0 Å². The van der Waals surface area contributed by atoms with E-state index < -0.39 is 42.0 Å². The second-order valence-corrected chi connectivity index (χ2v) is 9.36. The molecule has 0 bridgehead atoms. The molecule has 6 N–H and O–H groups in total. The van der Waals surface area contributed by atoms with Crippen molar-refractivity contribution in [2.24, 2.45) is 5.73 Å². The SMILES string of the molecule is COc1ccc(C[C@H](NC(=O)[C@H](C)N)C(=O)N[C@@H](Cc2ccccc2)C(O)C(=O)NCc2ccccc2)cc1. The number of nitrogens with two attached hydrogens (primary N) is 1. The molecule has 0 spiro atoms. The minimum atomic E-state index is -1.54. The van der Waals surface area contributed by atoms with E-state index in [0.717, 1.165) is 16.7 Å². The van der Waals surface area contributed by atoms with E-state index in [0.29, 0.717) is 5.75 Å². The van der Waals surface area contributed by atoms with Gasteiger partial charge in [0.25, 0.3) is 5.91 Å². The van der Waals surface area contributed by atoms with Crippen LogP contribution >= 0.6 is 0 Å². The summed E-state index contributed by atoms with van der Waals surface area (Å²) in [5.74, 6) is -1.00. The fourth-order valence-corrected chi connectivity index (χ4v) is 3.98. The highest BCUT2D eigenvalue weighted by Gasteiger charge is 2.31. The molecule has 0 aliphatic carbocycles. The zero-order valence-corrected chi connectivity index (χ0v) is 22.2. The summed E-state index contributed by atoms with van der Waals surface area (Å²) < 4.78 is 5.19. The first-order chi connectivity index (χ1) is 18.8. The highest BCUT2D eigenvalue weighted by Crippen LogP contribution is 2.14. The maximum Gasteiger partial charge on any atom is 0.251 e. The van der Waals surface area contributed by atoms with E-state index in [1.807, 2.05) is 60.7 Å². The monoisotopic (exact) mass is 532 g/mol. The van der Waals surface area contributed by atoms with Gasteiger partial charge in [-0.2, -0.15) is 0 Å². The van der Waals surface area contributed by atoms with Crippen LogP contribution in [-0.2, 0) is 33.8 Å². The van der Waals surface area contributed by atoms with Crippen molar-refractivity contribution in [1.29, 1.82) is 0 Å². The van der Waals surface area contributed by atoms with Crippen LogP contribution in [0.2, 0.25) is 0 Å². The van der Waals surface area contributed by atoms with E-state index in [2.05, 4.69) is 16.0 Å². The summed E-state index contributed by atoms with van der Waals surface area (Å²) in [7, 11) is 1.56. The van der Waals surface area contributed by atoms with Crippen LogP contribution in [-0.4, -0.2) is 54.2 Å². The van der Waals surface area contributed by atoms with Crippen molar-refractivity contribution in [1.82, 2.24) is 16.0 Å². The summed E-state index contributed by atoms with van der Waals surface area (Å²) in [6.45, 7) is 1.75. The van der Waals surface area contributed by atoms with Gasteiger partial charge in [0.2, 0.25) is 11.8 Å². The maximum absolute atomic E-state index is 13.5. The normalized spacial score (nSPS) is 13.8. The lowest BCUT2D eigenvalue weighted by Gasteiger charge is -2.27. The van der Waals surface area contributed by atoms with Crippen molar-refractivity contribution < 1.29 is 24.2 Å². The van der Waals surface area contributed by atoms with Gasteiger partial charge < -0.3 is 31.5 Å². The Hall–Kier alpha value is -4.21. The largest absolute Gasteiger partial charge is 0.497 e. The molecule has 3 rings (SSSR count). The lowest BCUT2D eigenvalue weighted by Crippen LogP contribution is -2.57. The summed E-state index contributed by atoms with van der Waals surface area (Å²) in [4.78, 5) is 38.8.